The zero-order valence-electron chi connectivity index (χ0n) is 18.2. The minimum atomic E-state index is -1.21. The highest BCUT2D eigenvalue weighted by molar-refractivity contribution is 6.33. The van der Waals surface area contributed by atoms with Crippen LogP contribution in [0.2, 0.25) is 5.02 Å². The number of ether oxygens (including phenoxy) is 1. The molecular weight excluding hydrogens is 426 g/mol. The summed E-state index contributed by atoms with van der Waals surface area (Å²) in [6.45, 7) is 7.02. The van der Waals surface area contributed by atoms with E-state index in [0.29, 0.717) is 11.6 Å². The van der Waals surface area contributed by atoms with Gasteiger partial charge in [-0.25, -0.2) is 4.79 Å². The summed E-state index contributed by atoms with van der Waals surface area (Å²) in [7, 11) is 0. The number of hydrogen-bond donors (Lipinski definition) is 1. The van der Waals surface area contributed by atoms with E-state index in [4.69, 9.17) is 16.3 Å². The quantitative estimate of drug-likeness (QED) is 0.552. The van der Waals surface area contributed by atoms with Crippen LogP contribution in [-0.2, 0) is 12.8 Å². The smallest absolute Gasteiger partial charge is 0.341 e. The molecule has 0 amide bonds. The van der Waals surface area contributed by atoms with E-state index in [1.807, 2.05) is 34.9 Å². The van der Waals surface area contributed by atoms with Gasteiger partial charge < -0.3 is 14.4 Å². The molecule has 1 atom stereocenters. The minimum Gasteiger partial charge on any atom is -0.492 e. The molecule has 0 saturated heterocycles. The van der Waals surface area contributed by atoms with Gasteiger partial charge in [0.2, 0.25) is 0 Å². The summed E-state index contributed by atoms with van der Waals surface area (Å²) < 4.78 is 8.06. The topological polar surface area (TPSA) is 68.5 Å². The molecule has 2 aliphatic rings. The van der Waals surface area contributed by atoms with Crippen LogP contribution in [0, 0.1) is 5.41 Å². The maximum absolute atomic E-state index is 12.7. The predicted molar refractivity (Wildman–Crippen MR) is 125 cm³/mol. The standard InChI is InChI=1S/C26H24ClNO4/c1-26(2,3)23-11-16-15-8-9-32-24(15)18(14-6-4-5-7-20(14)27)10-17(16)21-12-22(29)19(25(30)31)13-28(21)23/h4-7,10,12-13,23H,8-9,11H2,1-3H3,(H,30,31). The van der Waals surface area contributed by atoms with Gasteiger partial charge in [0.05, 0.1) is 12.3 Å². The van der Waals surface area contributed by atoms with Gasteiger partial charge in [-0.3, -0.25) is 4.79 Å². The van der Waals surface area contributed by atoms with Crippen LogP contribution in [0.4, 0.5) is 0 Å². The normalized spacial score (nSPS) is 16.7. The molecule has 1 unspecified atom stereocenters. The summed E-state index contributed by atoms with van der Waals surface area (Å²) in [6, 6.07) is 11.2. The second-order valence-corrected chi connectivity index (χ2v) is 9.98. The molecule has 2 aromatic carbocycles. The van der Waals surface area contributed by atoms with E-state index >= 15 is 0 Å². The van der Waals surface area contributed by atoms with Crippen LogP contribution < -0.4 is 10.2 Å². The SMILES string of the molecule is CC(C)(C)C1Cc2c(cc(-c3ccccc3Cl)c3c2CCO3)-c2cc(=O)c(C(=O)O)cn21. The second-order valence-electron chi connectivity index (χ2n) is 9.57. The highest BCUT2D eigenvalue weighted by Crippen LogP contribution is 2.50. The first-order chi connectivity index (χ1) is 15.2. The number of pyridine rings is 1. The van der Waals surface area contributed by atoms with Crippen LogP contribution in [0.3, 0.4) is 0 Å². The number of fused-ring (bicyclic) bond motifs is 5. The molecule has 6 heteroatoms. The Bertz CT molecular complexity index is 1330. The summed E-state index contributed by atoms with van der Waals surface area (Å²) in [5.74, 6) is -0.342. The number of halogens is 1. The highest BCUT2D eigenvalue weighted by Gasteiger charge is 2.37. The minimum absolute atomic E-state index is 0.000404. The first-order valence-corrected chi connectivity index (χ1v) is 11.1. The Morgan fingerprint density at radius 1 is 1.12 bits per heavy atom. The van der Waals surface area contributed by atoms with Crippen molar-refractivity contribution in [1.82, 2.24) is 4.57 Å². The number of rotatable bonds is 2. The zero-order chi connectivity index (χ0) is 22.8. The fourth-order valence-electron chi connectivity index (χ4n) is 4.98. The largest absolute Gasteiger partial charge is 0.492 e. The summed E-state index contributed by atoms with van der Waals surface area (Å²) in [4.78, 5) is 24.4. The molecule has 2 aliphatic heterocycles. The molecule has 0 bridgehead atoms. The number of carboxylic acid groups (broad SMARTS) is 1. The lowest BCUT2D eigenvalue weighted by molar-refractivity contribution is 0.0693. The van der Waals surface area contributed by atoms with Crippen molar-refractivity contribution in [3.05, 3.63) is 74.5 Å². The van der Waals surface area contributed by atoms with Gasteiger partial charge in [-0.2, -0.15) is 0 Å². The van der Waals surface area contributed by atoms with Crippen LogP contribution in [0.5, 0.6) is 5.75 Å². The molecule has 1 N–H and O–H groups in total. The van der Waals surface area contributed by atoms with Crippen molar-refractivity contribution in [3.8, 4) is 28.1 Å². The van der Waals surface area contributed by atoms with Crippen molar-refractivity contribution in [1.29, 1.82) is 0 Å². The Labute approximate surface area is 191 Å². The van der Waals surface area contributed by atoms with Crippen LogP contribution >= 0.6 is 11.6 Å². The molecule has 164 valence electrons. The molecule has 0 saturated carbocycles. The Morgan fingerprint density at radius 2 is 1.88 bits per heavy atom. The summed E-state index contributed by atoms with van der Waals surface area (Å²) >= 11 is 6.53. The molecular formula is C26H24ClNO4. The molecule has 0 fully saturated rings. The Kier molecular flexibility index (Phi) is 4.71. The third-order valence-corrected chi connectivity index (χ3v) is 6.91. The zero-order valence-corrected chi connectivity index (χ0v) is 19.0. The average molecular weight is 450 g/mol. The lowest BCUT2D eigenvalue weighted by Gasteiger charge is -2.39. The Morgan fingerprint density at radius 3 is 2.56 bits per heavy atom. The molecule has 0 spiro atoms. The predicted octanol–water partition coefficient (Wildman–Crippen LogP) is 5.61. The maximum Gasteiger partial charge on any atom is 0.341 e. The van der Waals surface area contributed by atoms with Crippen molar-refractivity contribution in [2.24, 2.45) is 5.41 Å². The Balaban J connectivity index is 1.85. The first kappa shape index (κ1) is 20.8. The van der Waals surface area contributed by atoms with E-state index in [-0.39, 0.29) is 17.0 Å². The van der Waals surface area contributed by atoms with Gasteiger partial charge in [0.1, 0.15) is 11.3 Å². The monoisotopic (exact) mass is 449 g/mol. The average Bonchev–Trinajstić information content (AvgIpc) is 3.22. The molecule has 5 nitrogen and oxygen atoms in total. The van der Waals surface area contributed by atoms with Crippen molar-refractivity contribution in [2.75, 3.05) is 6.61 Å². The van der Waals surface area contributed by atoms with E-state index in [1.165, 1.54) is 17.8 Å². The van der Waals surface area contributed by atoms with E-state index < -0.39 is 11.4 Å². The lowest BCUT2D eigenvalue weighted by atomic mass is 9.76. The van der Waals surface area contributed by atoms with Crippen molar-refractivity contribution in [2.45, 2.75) is 39.7 Å². The summed E-state index contributed by atoms with van der Waals surface area (Å²) in [6.07, 6.45) is 3.05. The van der Waals surface area contributed by atoms with Crippen LogP contribution in [-0.4, -0.2) is 22.2 Å². The van der Waals surface area contributed by atoms with E-state index in [1.54, 1.807) is 0 Å². The fourth-order valence-corrected chi connectivity index (χ4v) is 5.22. The van der Waals surface area contributed by atoms with Crippen LogP contribution in [0.25, 0.3) is 22.4 Å². The Hall–Kier alpha value is -3.05. The molecule has 3 heterocycles. The van der Waals surface area contributed by atoms with Gasteiger partial charge in [0, 0.05) is 52.0 Å². The number of carbonyl (C=O) groups is 1. The fraction of sp³-hybridized carbons (Fsp3) is 0.308. The van der Waals surface area contributed by atoms with E-state index in [2.05, 4.69) is 20.8 Å². The third kappa shape index (κ3) is 3.15. The number of aromatic carboxylic acids is 1. The van der Waals surface area contributed by atoms with Crippen molar-refractivity contribution >= 4 is 17.6 Å². The van der Waals surface area contributed by atoms with Gasteiger partial charge in [-0.1, -0.05) is 50.6 Å². The summed E-state index contributed by atoms with van der Waals surface area (Å²) in [5, 5.41) is 10.2. The first-order valence-electron chi connectivity index (χ1n) is 10.7. The number of nitrogens with zero attached hydrogens (tertiary/aromatic N) is 1. The van der Waals surface area contributed by atoms with Crippen molar-refractivity contribution in [3.63, 3.8) is 0 Å². The number of aromatic nitrogens is 1. The van der Waals surface area contributed by atoms with E-state index in [0.717, 1.165) is 46.5 Å². The summed E-state index contributed by atoms with van der Waals surface area (Å²) in [5.41, 5.74) is 4.96. The number of benzene rings is 2. The molecule has 0 aliphatic carbocycles. The molecule has 5 rings (SSSR count). The number of carboxylic acids is 1. The van der Waals surface area contributed by atoms with Gasteiger partial charge in [-0.15, -0.1) is 0 Å². The molecule has 0 radical (unpaired) electrons. The molecule has 32 heavy (non-hydrogen) atoms. The maximum atomic E-state index is 12.7. The second kappa shape index (κ2) is 7.24. The third-order valence-electron chi connectivity index (χ3n) is 6.58. The highest BCUT2D eigenvalue weighted by atomic mass is 35.5. The van der Waals surface area contributed by atoms with Gasteiger partial charge >= 0.3 is 5.97 Å². The lowest BCUT2D eigenvalue weighted by Crippen LogP contribution is -2.33. The van der Waals surface area contributed by atoms with Crippen LogP contribution in [0.15, 0.2) is 47.4 Å². The van der Waals surface area contributed by atoms with Crippen molar-refractivity contribution < 1.29 is 14.6 Å². The number of hydrogen-bond acceptors (Lipinski definition) is 3. The van der Waals surface area contributed by atoms with Gasteiger partial charge in [0.15, 0.2) is 5.43 Å². The van der Waals surface area contributed by atoms with Crippen LogP contribution in [0.1, 0.15) is 48.3 Å². The molecule has 1 aromatic heterocycles. The van der Waals surface area contributed by atoms with E-state index in [9.17, 15) is 14.7 Å². The van der Waals surface area contributed by atoms with Gasteiger partial charge in [0.25, 0.3) is 0 Å². The molecule has 3 aromatic rings. The van der Waals surface area contributed by atoms with Gasteiger partial charge in [-0.05, 0) is 29.5 Å².